The maximum atomic E-state index is 13.5. The third-order valence-corrected chi connectivity index (χ3v) is 10.9. The van der Waals surface area contributed by atoms with Crippen LogP contribution in [0, 0.1) is 0 Å². The second kappa shape index (κ2) is 14.8. The van der Waals surface area contributed by atoms with Gasteiger partial charge in [0.05, 0.1) is 16.4 Å². The summed E-state index contributed by atoms with van der Waals surface area (Å²) in [6.07, 6.45) is 5.35. The summed E-state index contributed by atoms with van der Waals surface area (Å²) in [6.45, 7) is 9.98. The third kappa shape index (κ3) is 7.75. The van der Waals surface area contributed by atoms with Gasteiger partial charge in [-0.05, 0) is 92.0 Å². The summed E-state index contributed by atoms with van der Waals surface area (Å²) in [5.74, 6) is 1.25. The van der Waals surface area contributed by atoms with Gasteiger partial charge in [0.2, 0.25) is 0 Å². The number of hydrogen-bond donors (Lipinski definition) is 3. The van der Waals surface area contributed by atoms with Crippen LogP contribution in [0.3, 0.4) is 0 Å². The average Bonchev–Trinajstić information content (AvgIpc) is 3.90. The molecule has 1 saturated heterocycles. The van der Waals surface area contributed by atoms with E-state index >= 15 is 0 Å². The Hall–Kier alpha value is -4.84. The van der Waals surface area contributed by atoms with E-state index < -0.39 is 0 Å². The number of hydrogen-bond acceptors (Lipinski definition) is 7. The number of rotatable bonds is 11. The van der Waals surface area contributed by atoms with Gasteiger partial charge in [-0.25, -0.2) is 9.48 Å². The Morgan fingerprint density at radius 3 is 2.63 bits per heavy atom. The number of aromatic nitrogens is 5. The van der Waals surface area contributed by atoms with E-state index in [1.165, 1.54) is 24.5 Å². The smallest absolute Gasteiger partial charge is 0.320 e. The summed E-state index contributed by atoms with van der Waals surface area (Å²) in [4.78, 5) is 17.9. The van der Waals surface area contributed by atoms with E-state index in [9.17, 15) is 9.90 Å². The van der Waals surface area contributed by atoms with E-state index in [0.29, 0.717) is 34.4 Å². The number of likely N-dealkylation sites (tertiary alicyclic amines) is 1. The normalized spacial score (nSPS) is 13.6. The highest BCUT2D eigenvalue weighted by Gasteiger charge is 2.25. The van der Waals surface area contributed by atoms with E-state index in [1.54, 1.807) is 23.9 Å². The third-order valence-electron chi connectivity index (χ3n) is 9.49. The molecule has 3 aromatic heterocycles. The number of anilines is 1. The number of phenols is 1. The second-order valence-electron chi connectivity index (χ2n) is 13.5. The van der Waals surface area contributed by atoms with E-state index in [2.05, 4.69) is 64.7 Å². The average molecular weight is 721 g/mol. The quantitative estimate of drug-likeness (QED) is 0.123. The molecule has 7 rings (SSSR count). The van der Waals surface area contributed by atoms with Crippen LogP contribution >= 0.6 is 23.4 Å². The van der Waals surface area contributed by atoms with Crippen molar-refractivity contribution >= 4 is 40.9 Å². The molecule has 3 N–H and O–H groups in total. The van der Waals surface area contributed by atoms with Gasteiger partial charge in [-0.1, -0.05) is 74.5 Å². The minimum atomic E-state index is -0.316. The summed E-state index contributed by atoms with van der Waals surface area (Å²) in [5.41, 5.74) is 5.12. The molecular formula is C39H41ClN8O2S. The lowest BCUT2D eigenvalue weighted by atomic mass is 9.87. The number of fused-ring (bicyclic) bond motifs is 1. The zero-order chi connectivity index (χ0) is 35.5. The van der Waals surface area contributed by atoms with Gasteiger partial charge in [0.25, 0.3) is 0 Å². The minimum absolute atomic E-state index is 0.0963. The Balaban J connectivity index is 1.08. The molecule has 1 aliphatic rings. The Bertz CT molecular complexity index is 2190. The van der Waals surface area contributed by atoms with Gasteiger partial charge in [0.1, 0.15) is 11.6 Å². The predicted molar refractivity (Wildman–Crippen MR) is 203 cm³/mol. The molecule has 0 spiro atoms. The highest BCUT2D eigenvalue weighted by molar-refractivity contribution is 7.99. The van der Waals surface area contributed by atoms with E-state index in [4.69, 9.17) is 16.7 Å². The highest BCUT2D eigenvalue weighted by atomic mass is 35.5. The SMILES string of the molecule is CCC(C)(C)c1cc(NC(=O)NCc2ccccc2Sc2ccc3nnc(-c4cc(O)ccc4Cl)n3c2)n(-c2cccc(CN3CCCC3)c2)n1. The van der Waals surface area contributed by atoms with E-state index in [1.807, 2.05) is 63.8 Å². The largest absolute Gasteiger partial charge is 0.508 e. The summed E-state index contributed by atoms with van der Waals surface area (Å²) in [6, 6.07) is 26.7. The fourth-order valence-corrected chi connectivity index (χ4v) is 7.34. The van der Waals surface area contributed by atoms with Crippen LogP contribution in [-0.4, -0.2) is 53.5 Å². The molecule has 2 amide bonds. The van der Waals surface area contributed by atoms with Crippen molar-refractivity contribution in [2.24, 2.45) is 0 Å². The molecule has 3 aromatic carbocycles. The van der Waals surface area contributed by atoms with Crippen LogP contribution in [0.15, 0.2) is 101 Å². The summed E-state index contributed by atoms with van der Waals surface area (Å²) in [5, 5.41) is 30.3. The number of aromatic hydroxyl groups is 1. The molecule has 0 bridgehead atoms. The minimum Gasteiger partial charge on any atom is -0.508 e. The second-order valence-corrected chi connectivity index (χ2v) is 15.0. The standard InChI is InChI=1S/C39H41ClN8O2S/c1-4-39(2,3)34-22-36(48(45-34)28-12-9-10-26(20-28)24-46-18-7-8-19-46)42-38(50)41-23-27-11-5-6-13-33(27)51-30-15-17-35-43-44-37(47(35)25-30)31-21-29(49)14-16-32(31)40/h5-6,9-17,20-22,25,49H,4,7-8,18-19,23-24H2,1-3H3,(H2,41,42,50). The van der Waals surface area contributed by atoms with Gasteiger partial charge in [0, 0.05) is 46.1 Å². The molecule has 0 aliphatic carbocycles. The van der Waals surface area contributed by atoms with Crippen molar-refractivity contribution in [2.75, 3.05) is 18.4 Å². The molecule has 1 fully saturated rings. The monoisotopic (exact) mass is 720 g/mol. The van der Waals surface area contributed by atoms with Gasteiger partial charge in [-0.3, -0.25) is 14.6 Å². The molecule has 0 radical (unpaired) electrons. The first-order valence-corrected chi connectivity index (χ1v) is 18.4. The van der Waals surface area contributed by atoms with Crippen molar-refractivity contribution in [1.82, 2.24) is 34.6 Å². The van der Waals surface area contributed by atoms with Gasteiger partial charge < -0.3 is 10.4 Å². The van der Waals surface area contributed by atoms with E-state index in [-0.39, 0.29) is 17.2 Å². The van der Waals surface area contributed by atoms with Crippen LogP contribution < -0.4 is 10.6 Å². The molecule has 10 nitrogen and oxygen atoms in total. The van der Waals surface area contributed by atoms with Crippen molar-refractivity contribution in [3.05, 3.63) is 113 Å². The Labute approximate surface area is 306 Å². The number of carbonyl (C=O) groups is 1. The van der Waals surface area contributed by atoms with Crippen LogP contribution in [0.1, 0.15) is 56.9 Å². The topological polar surface area (TPSA) is 113 Å². The molecule has 51 heavy (non-hydrogen) atoms. The Morgan fingerprint density at radius 1 is 0.980 bits per heavy atom. The van der Waals surface area contributed by atoms with Crippen LogP contribution in [0.25, 0.3) is 22.7 Å². The zero-order valence-electron chi connectivity index (χ0n) is 28.9. The number of urea groups is 1. The predicted octanol–water partition coefficient (Wildman–Crippen LogP) is 8.70. The zero-order valence-corrected chi connectivity index (χ0v) is 30.5. The number of phenolic OH excluding ortho intramolecular Hbond substituents is 1. The fourth-order valence-electron chi connectivity index (χ4n) is 6.18. The van der Waals surface area contributed by atoms with Gasteiger partial charge in [-0.2, -0.15) is 5.10 Å². The Kier molecular flexibility index (Phi) is 10.0. The Morgan fingerprint density at radius 2 is 1.80 bits per heavy atom. The van der Waals surface area contributed by atoms with Crippen LogP contribution in [-0.2, 0) is 18.5 Å². The molecule has 12 heteroatoms. The highest BCUT2D eigenvalue weighted by Crippen LogP contribution is 2.34. The first-order valence-electron chi connectivity index (χ1n) is 17.2. The fraction of sp³-hybridized carbons (Fsp3) is 0.282. The molecular weight excluding hydrogens is 680 g/mol. The summed E-state index contributed by atoms with van der Waals surface area (Å²) >= 11 is 8.02. The molecule has 262 valence electrons. The van der Waals surface area contributed by atoms with Gasteiger partial charge in [-0.15, -0.1) is 10.2 Å². The van der Waals surface area contributed by atoms with E-state index in [0.717, 1.165) is 52.8 Å². The van der Waals surface area contributed by atoms with Crippen molar-refractivity contribution in [1.29, 1.82) is 0 Å². The molecule has 0 unspecified atom stereocenters. The molecule has 0 atom stereocenters. The van der Waals surface area contributed by atoms with Crippen molar-refractivity contribution in [3.8, 4) is 22.8 Å². The molecule has 1 aliphatic heterocycles. The number of pyridine rings is 1. The number of carbonyl (C=O) groups excluding carboxylic acids is 1. The van der Waals surface area contributed by atoms with Crippen molar-refractivity contribution in [3.63, 3.8) is 0 Å². The van der Waals surface area contributed by atoms with Crippen LogP contribution in [0.4, 0.5) is 10.6 Å². The molecule has 0 saturated carbocycles. The number of amides is 2. The number of nitrogens with one attached hydrogen (secondary N) is 2. The van der Waals surface area contributed by atoms with Gasteiger partial charge >= 0.3 is 6.03 Å². The number of nitrogens with zero attached hydrogens (tertiary/aromatic N) is 6. The maximum Gasteiger partial charge on any atom is 0.320 e. The van der Waals surface area contributed by atoms with Crippen molar-refractivity contribution < 1.29 is 9.90 Å². The lowest BCUT2D eigenvalue weighted by Gasteiger charge is -2.19. The van der Waals surface area contributed by atoms with Gasteiger partial charge in [0.15, 0.2) is 11.5 Å². The maximum absolute atomic E-state index is 13.5. The van der Waals surface area contributed by atoms with Crippen molar-refractivity contribution in [2.45, 2.75) is 68.3 Å². The van der Waals surface area contributed by atoms with Crippen LogP contribution in [0.2, 0.25) is 5.02 Å². The molecule has 6 aromatic rings. The van der Waals surface area contributed by atoms with Crippen LogP contribution in [0.5, 0.6) is 5.75 Å². The first-order chi connectivity index (χ1) is 24.7. The first kappa shape index (κ1) is 34.6. The summed E-state index contributed by atoms with van der Waals surface area (Å²) < 4.78 is 3.71. The number of benzene rings is 3. The lowest BCUT2D eigenvalue weighted by molar-refractivity contribution is 0.251. The number of halogens is 1. The summed E-state index contributed by atoms with van der Waals surface area (Å²) in [7, 11) is 0. The molecule has 4 heterocycles. The lowest BCUT2D eigenvalue weighted by Crippen LogP contribution is -2.29.